The summed E-state index contributed by atoms with van der Waals surface area (Å²) in [5.41, 5.74) is 5.13. The minimum atomic E-state index is -0.360. The molecule has 136 valence electrons. The lowest BCUT2D eigenvalue weighted by Crippen LogP contribution is -2.24. The van der Waals surface area contributed by atoms with Gasteiger partial charge in [-0.05, 0) is 41.5 Å². The minimum absolute atomic E-state index is 0.0860. The Hall–Kier alpha value is -3.75. The van der Waals surface area contributed by atoms with Gasteiger partial charge in [-0.25, -0.2) is 5.43 Å². The van der Waals surface area contributed by atoms with E-state index in [0.29, 0.717) is 17.3 Å². The first-order valence-electron chi connectivity index (χ1n) is 8.24. The van der Waals surface area contributed by atoms with Gasteiger partial charge in [-0.2, -0.15) is 9.90 Å². The summed E-state index contributed by atoms with van der Waals surface area (Å²) in [5.74, 6) is 1.46. The third-order valence-corrected chi connectivity index (χ3v) is 3.92. The number of tetrazole rings is 1. The van der Waals surface area contributed by atoms with Gasteiger partial charge in [0.05, 0.1) is 6.21 Å². The van der Waals surface area contributed by atoms with E-state index in [4.69, 9.17) is 9.47 Å². The summed E-state index contributed by atoms with van der Waals surface area (Å²) in [5, 5.41) is 16.1. The highest BCUT2D eigenvalue weighted by molar-refractivity contribution is 5.83. The number of amides is 1. The number of aryl methyl sites for hydroxylation is 1. The van der Waals surface area contributed by atoms with Crippen LogP contribution in [0.5, 0.6) is 11.5 Å². The second-order valence-corrected chi connectivity index (χ2v) is 5.86. The summed E-state index contributed by atoms with van der Waals surface area (Å²) in [6.45, 7) is 2.09. The van der Waals surface area contributed by atoms with E-state index in [-0.39, 0.29) is 19.2 Å². The highest BCUT2D eigenvalue weighted by Crippen LogP contribution is 2.31. The van der Waals surface area contributed by atoms with E-state index in [1.807, 2.05) is 37.3 Å². The number of nitrogens with one attached hydrogen (secondary N) is 1. The summed E-state index contributed by atoms with van der Waals surface area (Å²) in [7, 11) is 0. The molecule has 0 bridgehead atoms. The topological polar surface area (TPSA) is 104 Å². The van der Waals surface area contributed by atoms with Gasteiger partial charge in [0, 0.05) is 5.56 Å². The van der Waals surface area contributed by atoms with Crippen LogP contribution in [-0.4, -0.2) is 39.1 Å². The lowest BCUT2D eigenvalue weighted by atomic mass is 10.1. The van der Waals surface area contributed by atoms with Crippen LogP contribution < -0.4 is 14.9 Å². The molecule has 4 rings (SSSR count). The molecule has 9 nitrogen and oxygen atoms in total. The molecule has 0 fully saturated rings. The Kier molecular flexibility index (Phi) is 4.48. The van der Waals surface area contributed by atoms with E-state index in [1.54, 1.807) is 12.1 Å². The number of nitrogens with zero attached hydrogens (tertiary/aromatic N) is 5. The first-order valence-corrected chi connectivity index (χ1v) is 8.24. The Morgan fingerprint density at radius 2 is 2.11 bits per heavy atom. The molecule has 0 radical (unpaired) electrons. The molecule has 0 spiro atoms. The SMILES string of the molecule is Cc1ccccc1-c1nnn(CC(=O)N/N=C\c2ccc3c(c2)OCO3)n1. The van der Waals surface area contributed by atoms with E-state index in [0.717, 1.165) is 16.7 Å². The fourth-order valence-corrected chi connectivity index (χ4v) is 2.58. The zero-order valence-electron chi connectivity index (χ0n) is 14.5. The van der Waals surface area contributed by atoms with Crippen LogP contribution in [0.25, 0.3) is 11.4 Å². The fourth-order valence-electron chi connectivity index (χ4n) is 2.58. The van der Waals surface area contributed by atoms with Gasteiger partial charge < -0.3 is 9.47 Å². The molecule has 1 aliphatic rings. The van der Waals surface area contributed by atoms with Crippen molar-refractivity contribution in [3.63, 3.8) is 0 Å². The van der Waals surface area contributed by atoms with Crippen LogP contribution in [-0.2, 0) is 11.3 Å². The molecule has 0 aliphatic carbocycles. The molecule has 0 unspecified atom stereocenters. The zero-order chi connectivity index (χ0) is 18.6. The fraction of sp³-hybridized carbons (Fsp3) is 0.167. The van der Waals surface area contributed by atoms with Crippen LogP contribution in [0.2, 0.25) is 0 Å². The standard InChI is InChI=1S/C18H16N6O3/c1-12-4-2-3-5-14(12)18-21-23-24(22-18)10-17(25)20-19-9-13-6-7-15-16(8-13)27-11-26-15/h2-9H,10-11H2,1H3,(H,20,25)/b19-9-. The van der Waals surface area contributed by atoms with Crippen molar-refractivity contribution in [2.45, 2.75) is 13.5 Å². The molecule has 1 aliphatic heterocycles. The molecule has 1 N–H and O–H groups in total. The van der Waals surface area contributed by atoms with Crippen LogP contribution in [0.3, 0.4) is 0 Å². The van der Waals surface area contributed by atoms with Crippen molar-refractivity contribution in [3.8, 4) is 22.9 Å². The van der Waals surface area contributed by atoms with Gasteiger partial charge >= 0.3 is 0 Å². The molecule has 1 amide bonds. The predicted octanol–water partition coefficient (Wildman–Crippen LogP) is 1.53. The minimum Gasteiger partial charge on any atom is -0.454 e. The van der Waals surface area contributed by atoms with E-state index in [9.17, 15) is 4.79 Å². The molecule has 1 aromatic heterocycles. The van der Waals surface area contributed by atoms with Gasteiger partial charge in [0.25, 0.3) is 5.91 Å². The third-order valence-electron chi connectivity index (χ3n) is 3.92. The molecule has 2 heterocycles. The predicted molar refractivity (Wildman–Crippen MR) is 96.3 cm³/mol. The number of hydrogen-bond acceptors (Lipinski definition) is 7. The Balaban J connectivity index is 1.35. The number of benzene rings is 2. The zero-order valence-corrected chi connectivity index (χ0v) is 14.5. The second-order valence-electron chi connectivity index (χ2n) is 5.86. The van der Waals surface area contributed by atoms with Gasteiger partial charge in [0.2, 0.25) is 12.6 Å². The summed E-state index contributed by atoms with van der Waals surface area (Å²) < 4.78 is 10.5. The summed E-state index contributed by atoms with van der Waals surface area (Å²) in [6.07, 6.45) is 1.52. The number of ether oxygens (including phenoxy) is 2. The summed E-state index contributed by atoms with van der Waals surface area (Å²) >= 11 is 0. The highest BCUT2D eigenvalue weighted by atomic mass is 16.7. The van der Waals surface area contributed by atoms with Crippen molar-refractivity contribution in [3.05, 3.63) is 53.6 Å². The van der Waals surface area contributed by atoms with E-state index >= 15 is 0 Å². The van der Waals surface area contributed by atoms with Crippen LogP contribution in [0.15, 0.2) is 47.6 Å². The maximum Gasteiger partial charge on any atom is 0.263 e. The molecular formula is C18H16N6O3. The Labute approximate surface area is 154 Å². The largest absolute Gasteiger partial charge is 0.454 e. The quantitative estimate of drug-likeness (QED) is 0.544. The van der Waals surface area contributed by atoms with Gasteiger partial charge in [-0.1, -0.05) is 24.3 Å². The lowest BCUT2D eigenvalue weighted by molar-refractivity contribution is -0.122. The number of carbonyl (C=O) groups excluding carboxylic acids is 1. The van der Waals surface area contributed by atoms with Crippen molar-refractivity contribution < 1.29 is 14.3 Å². The van der Waals surface area contributed by atoms with Crippen LogP contribution in [0, 0.1) is 6.92 Å². The molecule has 0 saturated heterocycles. The third kappa shape index (κ3) is 3.76. The molecule has 2 aromatic carbocycles. The van der Waals surface area contributed by atoms with Crippen molar-refractivity contribution in [2.24, 2.45) is 5.10 Å². The van der Waals surface area contributed by atoms with Crippen molar-refractivity contribution >= 4 is 12.1 Å². The number of hydrogen-bond donors (Lipinski definition) is 1. The monoisotopic (exact) mass is 364 g/mol. The Morgan fingerprint density at radius 1 is 1.26 bits per heavy atom. The maximum absolute atomic E-state index is 12.0. The first-order chi connectivity index (χ1) is 13.2. The molecule has 9 heteroatoms. The van der Waals surface area contributed by atoms with Crippen molar-refractivity contribution in [1.29, 1.82) is 0 Å². The average Bonchev–Trinajstić information content (AvgIpc) is 3.31. The maximum atomic E-state index is 12.0. The normalized spacial score (nSPS) is 12.5. The lowest BCUT2D eigenvalue weighted by Gasteiger charge is -2.00. The van der Waals surface area contributed by atoms with E-state index in [2.05, 4.69) is 25.9 Å². The van der Waals surface area contributed by atoms with Gasteiger partial charge in [-0.15, -0.1) is 10.2 Å². The van der Waals surface area contributed by atoms with Crippen LogP contribution in [0.4, 0.5) is 0 Å². The van der Waals surface area contributed by atoms with Crippen LogP contribution >= 0.6 is 0 Å². The number of carbonyl (C=O) groups is 1. The molecular weight excluding hydrogens is 348 g/mol. The molecule has 27 heavy (non-hydrogen) atoms. The van der Waals surface area contributed by atoms with Gasteiger partial charge in [-0.3, -0.25) is 4.79 Å². The Morgan fingerprint density at radius 3 is 3.00 bits per heavy atom. The van der Waals surface area contributed by atoms with Crippen LogP contribution in [0.1, 0.15) is 11.1 Å². The van der Waals surface area contributed by atoms with Crippen molar-refractivity contribution in [1.82, 2.24) is 25.6 Å². The average molecular weight is 364 g/mol. The smallest absolute Gasteiger partial charge is 0.263 e. The summed E-state index contributed by atoms with van der Waals surface area (Å²) in [6, 6.07) is 13.1. The second kappa shape index (κ2) is 7.24. The van der Waals surface area contributed by atoms with E-state index in [1.165, 1.54) is 11.0 Å². The Bertz CT molecular complexity index is 1010. The number of hydrazone groups is 1. The highest BCUT2D eigenvalue weighted by Gasteiger charge is 2.13. The summed E-state index contributed by atoms with van der Waals surface area (Å²) in [4.78, 5) is 13.2. The molecule has 3 aromatic rings. The van der Waals surface area contributed by atoms with Gasteiger partial charge in [0.1, 0.15) is 6.54 Å². The van der Waals surface area contributed by atoms with Crippen molar-refractivity contribution in [2.75, 3.05) is 6.79 Å². The van der Waals surface area contributed by atoms with E-state index < -0.39 is 0 Å². The molecule has 0 atom stereocenters. The number of fused-ring (bicyclic) bond motifs is 1. The number of aromatic nitrogens is 4. The first kappa shape index (κ1) is 16.7. The number of rotatable bonds is 5. The molecule has 0 saturated carbocycles. The van der Waals surface area contributed by atoms with Gasteiger partial charge in [0.15, 0.2) is 11.5 Å².